The van der Waals surface area contributed by atoms with Crippen LogP contribution >= 0.6 is 15.9 Å². The lowest BCUT2D eigenvalue weighted by molar-refractivity contribution is 0.0981. The van der Waals surface area contributed by atoms with Crippen molar-refractivity contribution in [2.24, 2.45) is 4.40 Å². The molecule has 0 aliphatic carbocycles. The van der Waals surface area contributed by atoms with Crippen LogP contribution in [0.25, 0.3) is 0 Å². The first-order chi connectivity index (χ1) is 13.7. The largest absolute Gasteiger partial charge is 0.328 e. The third kappa shape index (κ3) is 3.38. The summed E-state index contributed by atoms with van der Waals surface area (Å²) in [6, 6.07) is 10.8. The van der Waals surface area contributed by atoms with Crippen LogP contribution in [0.4, 0.5) is 11.4 Å². The van der Waals surface area contributed by atoms with E-state index in [4.69, 9.17) is 0 Å². The molecule has 0 fully saturated rings. The van der Waals surface area contributed by atoms with Gasteiger partial charge in [-0.2, -0.15) is 8.42 Å². The molecule has 1 atom stereocenters. The normalized spacial score (nSPS) is 19.6. The van der Waals surface area contributed by atoms with Gasteiger partial charge in [0, 0.05) is 28.3 Å². The number of halogens is 1. The zero-order chi connectivity index (χ0) is 20.9. The second-order valence-corrected chi connectivity index (χ2v) is 9.94. The van der Waals surface area contributed by atoms with Crippen molar-refractivity contribution in [2.45, 2.75) is 44.6 Å². The number of rotatable bonds is 3. The molecule has 0 radical (unpaired) electrons. The third-order valence-corrected chi connectivity index (χ3v) is 7.22. The lowest BCUT2D eigenvalue weighted by Crippen LogP contribution is -2.37. The van der Waals surface area contributed by atoms with Crippen LogP contribution in [0.1, 0.15) is 43.1 Å². The molecule has 1 unspecified atom stereocenters. The first-order valence-electron chi connectivity index (χ1n) is 9.58. The van der Waals surface area contributed by atoms with Gasteiger partial charge in [0.05, 0.1) is 5.69 Å². The van der Waals surface area contributed by atoms with E-state index in [9.17, 15) is 13.2 Å². The van der Waals surface area contributed by atoms with Gasteiger partial charge in [-0.05, 0) is 68.7 Å². The van der Waals surface area contributed by atoms with Crippen molar-refractivity contribution in [3.8, 4) is 0 Å². The third-order valence-electron chi connectivity index (χ3n) is 5.34. The Kier molecular flexibility index (Phi) is 5.02. The summed E-state index contributed by atoms with van der Waals surface area (Å²) in [6.45, 7) is 6.38. The van der Waals surface area contributed by atoms with Gasteiger partial charge < -0.3 is 9.80 Å². The minimum atomic E-state index is -3.83. The summed E-state index contributed by atoms with van der Waals surface area (Å²) in [5.74, 6) is 0.246. The maximum atomic E-state index is 13.3. The van der Waals surface area contributed by atoms with Gasteiger partial charge in [-0.1, -0.05) is 22.9 Å². The molecule has 2 aromatic carbocycles. The number of benzene rings is 2. The molecule has 2 aliphatic rings. The van der Waals surface area contributed by atoms with Crippen LogP contribution in [0.3, 0.4) is 0 Å². The topological polar surface area (TPSA) is 70.0 Å². The number of nitrogens with zero attached hydrogens (tertiary/aromatic N) is 3. The van der Waals surface area contributed by atoms with E-state index in [0.717, 1.165) is 28.6 Å². The minimum absolute atomic E-state index is 0.00343. The number of carbonyl (C=O) groups excluding carboxylic acids is 1. The van der Waals surface area contributed by atoms with Crippen LogP contribution in [-0.2, 0) is 16.4 Å². The molecular weight excluding hydrogens is 454 g/mol. The van der Waals surface area contributed by atoms with Gasteiger partial charge in [0.1, 0.15) is 10.7 Å². The average Bonchev–Trinajstić information content (AvgIpc) is 2.98. The standard InChI is InChI=1S/C21H22BrN3O3S/c1-4-9-24-14(3)23-29(27,28)20-12-15(5-7-19(20)24)21(26)25-13(2)10-16-11-17(22)6-8-18(16)25/h5-8,11-13H,4,9-10H2,1-3H3. The predicted molar refractivity (Wildman–Crippen MR) is 118 cm³/mol. The Morgan fingerprint density at radius 1 is 1.21 bits per heavy atom. The molecule has 2 aliphatic heterocycles. The van der Waals surface area contributed by atoms with Crippen molar-refractivity contribution in [1.29, 1.82) is 0 Å². The van der Waals surface area contributed by atoms with E-state index in [1.165, 1.54) is 6.07 Å². The van der Waals surface area contributed by atoms with Gasteiger partial charge in [0.15, 0.2) is 0 Å². The Morgan fingerprint density at radius 2 is 1.93 bits per heavy atom. The van der Waals surface area contributed by atoms with Crippen LogP contribution in [0.15, 0.2) is 50.2 Å². The highest BCUT2D eigenvalue weighted by molar-refractivity contribution is 9.10. The van der Waals surface area contributed by atoms with E-state index >= 15 is 0 Å². The molecule has 152 valence electrons. The van der Waals surface area contributed by atoms with Gasteiger partial charge in [-0.15, -0.1) is 4.40 Å². The Labute approximate surface area is 179 Å². The lowest BCUT2D eigenvalue weighted by atomic mass is 10.1. The van der Waals surface area contributed by atoms with Gasteiger partial charge in [0.2, 0.25) is 0 Å². The summed E-state index contributed by atoms with van der Waals surface area (Å²) in [7, 11) is -3.83. The number of hydrogen-bond acceptors (Lipinski definition) is 4. The molecule has 0 aromatic heterocycles. The summed E-state index contributed by atoms with van der Waals surface area (Å²) in [6.07, 6.45) is 1.61. The quantitative estimate of drug-likeness (QED) is 0.660. The molecule has 2 heterocycles. The summed E-state index contributed by atoms with van der Waals surface area (Å²) < 4.78 is 30.2. The van der Waals surface area contributed by atoms with Crippen LogP contribution in [0.2, 0.25) is 0 Å². The fraction of sp³-hybridized carbons (Fsp3) is 0.333. The molecule has 2 aromatic rings. The Balaban J connectivity index is 1.77. The van der Waals surface area contributed by atoms with Crippen molar-refractivity contribution in [3.63, 3.8) is 0 Å². The lowest BCUT2D eigenvalue weighted by Gasteiger charge is -2.29. The molecular formula is C21H22BrN3O3S. The van der Waals surface area contributed by atoms with E-state index < -0.39 is 10.0 Å². The van der Waals surface area contributed by atoms with Gasteiger partial charge in [0.25, 0.3) is 15.9 Å². The molecule has 4 rings (SSSR count). The van der Waals surface area contributed by atoms with Crippen molar-refractivity contribution in [3.05, 3.63) is 52.0 Å². The Hall–Kier alpha value is -2.19. The van der Waals surface area contributed by atoms with Crippen molar-refractivity contribution in [1.82, 2.24) is 0 Å². The first-order valence-corrected chi connectivity index (χ1v) is 11.8. The maximum absolute atomic E-state index is 13.3. The molecule has 29 heavy (non-hydrogen) atoms. The average molecular weight is 476 g/mol. The van der Waals surface area contributed by atoms with E-state index in [0.29, 0.717) is 23.6 Å². The zero-order valence-corrected chi connectivity index (χ0v) is 18.9. The molecule has 0 N–H and O–H groups in total. The number of fused-ring (bicyclic) bond motifs is 2. The van der Waals surface area contributed by atoms with E-state index in [1.807, 2.05) is 36.9 Å². The Morgan fingerprint density at radius 3 is 2.66 bits per heavy atom. The van der Waals surface area contributed by atoms with Crippen LogP contribution in [0.5, 0.6) is 0 Å². The number of hydrogen-bond donors (Lipinski definition) is 0. The van der Waals surface area contributed by atoms with Gasteiger partial charge >= 0.3 is 0 Å². The van der Waals surface area contributed by atoms with Crippen molar-refractivity contribution in [2.75, 3.05) is 16.3 Å². The smallest absolute Gasteiger partial charge is 0.286 e. The molecule has 0 saturated carbocycles. The number of amides is 1. The number of carbonyl (C=O) groups is 1. The highest BCUT2D eigenvalue weighted by Crippen LogP contribution is 2.37. The van der Waals surface area contributed by atoms with Gasteiger partial charge in [-0.3, -0.25) is 4.79 Å². The molecule has 8 heteroatoms. The maximum Gasteiger partial charge on any atom is 0.286 e. The zero-order valence-electron chi connectivity index (χ0n) is 16.5. The van der Waals surface area contributed by atoms with E-state index in [1.54, 1.807) is 24.0 Å². The van der Waals surface area contributed by atoms with Crippen molar-refractivity contribution >= 4 is 49.1 Å². The van der Waals surface area contributed by atoms with Crippen LogP contribution in [-0.4, -0.2) is 32.7 Å². The Bertz CT molecular complexity index is 1140. The molecule has 0 bridgehead atoms. The highest BCUT2D eigenvalue weighted by Gasteiger charge is 2.34. The summed E-state index contributed by atoms with van der Waals surface area (Å²) in [5, 5.41) is 0. The highest BCUT2D eigenvalue weighted by atomic mass is 79.9. The van der Waals surface area contributed by atoms with E-state index in [-0.39, 0.29) is 16.8 Å². The number of anilines is 2. The molecule has 0 spiro atoms. The predicted octanol–water partition coefficient (Wildman–Crippen LogP) is 4.38. The van der Waals surface area contributed by atoms with Crippen molar-refractivity contribution < 1.29 is 13.2 Å². The first kappa shape index (κ1) is 20.1. The monoisotopic (exact) mass is 475 g/mol. The fourth-order valence-corrected chi connectivity index (χ4v) is 5.75. The summed E-state index contributed by atoms with van der Waals surface area (Å²) in [5.41, 5.74) is 2.89. The van der Waals surface area contributed by atoms with Crippen LogP contribution in [0, 0.1) is 0 Å². The van der Waals surface area contributed by atoms with Crippen LogP contribution < -0.4 is 9.80 Å². The summed E-state index contributed by atoms with van der Waals surface area (Å²) >= 11 is 3.48. The second-order valence-electron chi connectivity index (χ2n) is 7.45. The second kappa shape index (κ2) is 7.25. The molecule has 0 saturated heterocycles. The SMILES string of the molecule is CCCN1C(C)=NS(=O)(=O)c2cc(C(=O)N3c4ccc(Br)cc4CC3C)ccc21. The fourth-order valence-electron chi connectivity index (χ4n) is 4.08. The minimum Gasteiger partial charge on any atom is -0.328 e. The number of sulfonamides is 1. The molecule has 6 nitrogen and oxygen atoms in total. The van der Waals surface area contributed by atoms with E-state index in [2.05, 4.69) is 20.3 Å². The van der Waals surface area contributed by atoms with Gasteiger partial charge in [-0.25, -0.2) is 0 Å². The summed E-state index contributed by atoms with van der Waals surface area (Å²) in [4.78, 5) is 17.1. The number of amidine groups is 1. The molecule has 1 amide bonds.